The SMILES string of the molecule is COc1cc(CNCCNC(=O)O)ccc1OCc1ccccc1C. The van der Waals surface area contributed by atoms with Crippen LogP contribution >= 0.6 is 0 Å². The van der Waals surface area contributed by atoms with Gasteiger partial charge in [0.1, 0.15) is 6.61 Å². The largest absolute Gasteiger partial charge is 0.493 e. The Morgan fingerprint density at radius 1 is 1.12 bits per heavy atom. The molecule has 6 nitrogen and oxygen atoms in total. The molecule has 1 amide bonds. The van der Waals surface area contributed by atoms with Crippen molar-refractivity contribution in [1.29, 1.82) is 0 Å². The Hall–Kier alpha value is -2.73. The van der Waals surface area contributed by atoms with E-state index in [4.69, 9.17) is 14.6 Å². The number of ether oxygens (including phenoxy) is 2. The van der Waals surface area contributed by atoms with Crippen LogP contribution in [0.4, 0.5) is 4.79 Å². The highest BCUT2D eigenvalue weighted by Crippen LogP contribution is 2.29. The maximum Gasteiger partial charge on any atom is 0.404 e. The van der Waals surface area contributed by atoms with Crippen LogP contribution in [0.25, 0.3) is 0 Å². The molecule has 0 aromatic heterocycles. The quantitative estimate of drug-likeness (QED) is 0.610. The third-order valence-electron chi connectivity index (χ3n) is 3.78. The molecule has 2 rings (SSSR count). The van der Waals surface area contributed by atoms with Gasteiger partial charge in [-0.05, 0) is 35.7 Å². The van der Waals surface area contributed by atoms with Gasteiger partial charge in [-0.25, -0.2) is 4.79 Å². The summed E-state index contributed by atoms with van der Waals surface area (Å²) >= 11 is 0. The third kappa shape index (κ3) is 6.00. The Morgan fingerprint density at radius 2 is 1.92 bits per heavy atom. The van der Waals surface area contributed by atoms with E-state index >= 15 is 0 Å². The highest BCUT2D eigenvalue weighted by Gasteiger charge is 2.07. The lowest BCUT2D eigenvalue weighted by atomic mass is 10.1. The van der Waals surface area contributed by atoms with E-state index < -0.39 is 6.09 Å². The number of hydrogen-bond acceptors (Lipinski definition) is 4. The Balaban J connectivity index is 1.90. The zero-order chi connectivity index (χ0) is 18.1. The molecule has 6 heteroatoms. The summed E-state index contributed by atoms with van der Waals surface area (Å²) < 4.78 is 11.3. The summed E-state index contributed by atoms with van der Waals surface area (Å²) in [5, 5.41) is 14.0. The molecular weight excluding hydrogens is 320 g/mol. The minimum Gasteiger partial charge on any atom is -0.493 e. The van der Waals surface area contributed by atoms with E-state index in [1.54, 1.807) is 7.11 Å². The lowest BCUT2D eigenvalue weighted by molar-refractivity contribution is 0.194. The Bertz CT molecular complexity index is 704. The van der Waals surface area contributed by atoms with Crippen LogP contribution in [0.15, 0.2) is 42.5 Å². The van der Waals surface area contributed by atoms with Crippen molar-refractivity contribution in [1.82, 2.24) is 10.6 Å². The van der Waals surface area contributed by atoms with Crippen LogP contribution in [0.1, 0.15) is 16.7 Å². The van der Waals surface area contributed by atoms with Crippen LogP contribution in [-0.2, 0) is 13.2 Å². The molecule has 0 aliphatic rings. The molecule has 134 valence electrons. The smallest absolute Gasteiger partial charge is 0.404 e. The van der Waals surface area contributed by atoms with Gasteiger partial charge in [-0.3, -0.25) is 0 Å². The minimum absolute atomic E-state index is 0.365. The number of carboxylic acid groups (broad SMARTS) is 1. The van der Waals surface area contributed by atoms with Gasteiger partial charge in [0.25, 0.3) is 0 Å². The van der Waals surface area contributed by atoms with E-state index in [1.165, 1.54) is 5.56 Å². The van der Waals surface area contributed by atoms with E-state index in [-0.39, 0.29) is 0 Å². The highest BCUT2D eigenvalue weighted by molar-refractivity contribution is 5.64. The van der Waals surface area contributed by atoms with Crippen LogP contribution < -0.4 is 20.1 Å². The number of amides is 1. The van der Waals surface area contributed by atoms with E-state index in [9.17, 15) is 4.79 Å². The first kappa shape index (κ1) is 18.6. The van der Waals surface area contributed by atoms with Gasteiger partial charge in [-0.1, -0.05) is 30.3 Å². The van der Waals surface area contributed by atoms with Crippen LogP contribution in [0.3, 0.4) is 0 Å². The molecule has 0 aliphatic heterocycles. The lowest BCUT2D eigenvalue weighted by Gasteiger charge is -2.13. The molecule has 2 aromatic rings. The summed E-state index contributed by atoms with van der Waals surface area (Å²) in [6.07, 6.45) is -1.02. The van der Waals surface area contributed by atoms with Gasteiger partial charge < -0.3 is 25.2 Å². The molecule has 0 heterocycles. The lowest BCUT2D eigenvalue weighted by Crippen LogP contribution is -2.30. The van der Waals surface area contributed by atoms with Gasteiger partial charge in [0.2, 0.25) is 0 Å². The van der Waals surface area contributed by atoms with Crippen molar-refractivity contribution in [2.75, 3.05) is 20.2 Å². The van der Waals surface area contributed by atoms with Crippen LogP contribution in [0, 0.1) is 6.92 Å². The molecular formula is C19H24N2O4. The Kier molecular flexibility index (Phi) is 7.10. The fourth-order valence-corrected chi connectivity index (χ4v) is 2.36. The average molecular weight is 344 g/mol. The monoisotopic (exact) mass is 344 g/mol. The van der Waals surface area contributed by atoms with Crippen molar-refractivity contribution in [3.8, 4) is 11.5 Å². The number of hydrogen-bond donors (Lipinski definition) is 3. The van der Waals surface area contributed by atoms with E-state index in [1.807, 2.05) is 36.4 Å². The van der Waals surface area contributed by atoms with E-state index in [2.05, 4.69) is 23.6 Å². The maximum atomic E-state index is 10.4. The number of nitrogens with one attached hydrogen (secondary N) is 2. The average Bonchev–Trinajstić information content (AvgIpc) is 2.61. The van der Waals surface area contributed by atoms with Crippen LogP contribution in [0.5, 0.6) is 11.5 Å². The van der Waals surface area contributed by atoms with Gasteiger partial charge >= 0.3 is 6.09 Å². The molecule has 0 fully saturated rings. The number of benzene rings is 2. The van der Waals surface area contributed by atoms with Crippen molar-refractivity contribution >= 4 is 6.09 Å². The highest BCUT2D eigenvalue weighted by atomic mass is 16.5. The molecule has 0 bridgehead atoms. The first-order valence-corrected chi connectivity index (χ1v) is 8.12. The molecule has 25 heavy (non-hydrogen) atoms. The standard InChI is InChI=1S/C19H24N2O4/c1-14-5-3-4-6-16(14)13-25-17-8-7-15(11-18(17)24-2)12-20-9-10-21-19(22)23/h3-8,11,20-21H,9-10,12-13H2,1-2H3,(H,22,23). The number of aryl methyl sites for hydroxylation is 1. The first-order chi connectivity index (χ1) is 12.1. The van der Waals surface area contributed by atoms with Crippen molar-refractivity contribution in [3.63, 3.8) is 0 Å². The second kappa shape index (κ2) is 9.54. The molecule has 0 unspecified atom stereocenters. The van der Waals surface area contributed by atoms with Crippen LogP contribution in [-0.4, -0.2) is 31.4 Å². The zero-order valence-corrected chi connectivity index (χ0v) is 14.5. The first-order valence-electron chi connectivity index (χ1n) is 8.12. The Morgan fingerprint density at radius 3 is 2.64 bits per heavy atom. The van der Waals surface area contributed by atoms with Gasteiger partial charge in [0.15, 0.2) is 11.5 Å². The van der Waals surface area contributed by atoms with Gasteiger partial charge in [-0.15, -0.1) is 0 Å². The summed E-state index contributed by atoms with van der Waals surface area (Å²) in [6.45, 7) is 4.09. The van der Waals surface area contributed by atoms with Gasteiger partial charge in [0.05, 0.1) is 7.11 Å². The summed E-state index contributed by atoms with van der Waals surface area (Å²) in [6, 6.07) is 13.9. The molecule has 0 saturated carbocycles. The number of rotatable bonds is 9. The third-order valence-corrected chi connectivity index (χ3v) is 3.78. The fraction of sp³-hybridized carbons (Fsp3) is 0.316. The van der Waals surface area contributed by atoms with E-state index in [0.29, 0.717) is 37.7 Å². The predicted octanol–water partition coefficient (Wildman–Crippen LogP) is 2.94. The van der Waals surface area contributed by atoms with Gasteiger partial charge in [-0.2, -0.15) is 0 Å². The fourth-order valence-electron chi connectivity index (χ4n) is 2.36. The maximum absolute atomic E-state index is 10.4. The van der Waals surface area contributed by atoms with Gasteiger partial charge in [0, 0.05) is 19.6 Å². The molecule has 0 aliphatic carbocycles. The molecule has 0 atom stereocenters. The van der Waals surface area contributed by atoms with Crippen molar-refractivity contribution < 1.29 is 19.4 Å². The summed E-state index contributed by atoms with van der Waals surface area (Å²) in [7, 11) is 1.62. The molecule has 3 N–H and O–H groups in total. The summed E-state index contributed by atoms with van der Waals surface area (Å²) in [5.41, 5.74) is 3.37. The zero-order valence-electron chi connectivity index (χ0n) is 14.5. The number of carbonyl (C=O) groups is 1. The summed E-state index contributed by atoms with van der Waals surface area (Å²) in [4.78, 5) is 10.4. The molecule has 0 spiro atoms. The van der Waals surface area contributed by atoms with Crippen molar-refractivity contribution in [3.05, 3.63) is 59.2 Å². The predicted molar refractivity (Wildman–Crippen MR) is 96.2 cm³/mol. The molecule has 0 radical (unpaired) electrons. The normalized spacial score (nSPS) is 10.3. The Labute approximate surface area is 147 Å². The topological polar surface area (TPSA) is 79.8 Å². The number of methoxy groups -OCH3 is 1. The van der Waals surface area contributed by atoms with E-state index in [0.717, 1.165) is 11.1 Å². The second-order valence-corrected chi connectivity index (χ2v) is 5.61. The molecule has 2 aromatic carbocycles. The minimum atomic E-state index is -1.02. The second-order valence-electron chi connectivity index (χ2n) is 5.61. The summed E-state index contributed by atoms with van der Waals surface area (Å²) in [5.74, 6) is 1.37. The van der Waals surface area contributed by atoms with Crippen LogP contribution in [0.2, 0.25) is 0 Å². The van der Waals surface area contributed by atoms with Crippen molar-refractivity contribution in [2.24, 2.45) is 0 Å². The van der Waals surface area contributed by atoms with Crippen molar-refractivity contribution in [2.45, 2.75) is 20.1 Å². The molecule has 0 saturated heterocycles.